The molecule has 1 fully saturated rings. The third-order valence-corrected chi connectivity index (χ3v) is 4.66. The van der Waals surface area contributed by atoms with E-state index in [9.17, 15) is 19.8 Å². The monoisotopic (exact) mass is 397 g/mol. The van der Waals surface area contributed by atoms with Crippen molar-refractivity contribution >= 4 is 18.0 Å². The Morgan fingerprint density at radius 2 is 2.14 bits per heavy atom. The molecule has 1 aromatic rings. The van der Waals surface area contributed by atoms with Gasteiger partial charge in [-0.2, -0.15) is 4.98 Å². The van der Waals surface area contributed by atoms with Crippen molar-refractivity contribution in [2.75, 3.05) is 19.0 Å². The molecule has 1 aliphatic rings. The number of aromatic nitrogens is 2. The number of aliphatic hydroxyl groups is 2. The van der Waals surface area contributed by atoms with Crippen molar-refractivity contribution in [2.24, 2.45) is 0 Å². The summed E-state index contributed by atoms with van der Waals surface area (Å²) < 4.78 is 16.8. The van der Waals surface area contributed by atoms with Crippen molar-refractivity contribution in [2.45, 2.75) is 57.3 Å². The molecule has 0 radical (unpaired) electrons. The number of rotatable bonds is 7. The highest BCUT2D eigenvalue weighted by Gasteiger charge is 2.42. The van der Waals surface area contributed by atoms with E-state index in [4.69, 9.17) is 14.2 Å². The van der Waals surface area contributed by atoms with Crippen molar-refractivity contribution in [3.63, 3.8) is 0 Å². The number of anilines is 1. The zero-order chi connectivity index (χ0) is 21.1. The molecule has 1 aliphatic heterocycles. The van der Waals surface area contributed by atoms with Crippen LogP contribution in [0.4, 0.5) is 10.6 Å². The second kappa shape index (κ2) is 8.82. The lowest BCUT2D eigenvalue weighted by atomic mass is 10.1. The molecule has 4 atom stereocenters. The Bertz CT molecular complexity index is 777. The van der Waals surface area contributed by atoms with Gasteiger partial charge < -0.3 is 24.4 Å². The minimum absolute atomic E-state index is 0.0339. The van der Waals surface area contributed by atoms with Gasteiger partial charge in [0.1, 0.15) is 18.0 Å². The van der Waals surface area contributed by atoms with Gasteiger partial charge in [-0.25, -0.2) is 9.59 Å². The summed E-state index contributed by atoms with van der Waals surface area (Å²) in [7, 11) is 1.57. The number of ether oxygens (including phenoxy) is 3. The van der Waals surface area contributed by atoms with Crippen molar-refractivity contribution in [1.29, 1.82) is 0 Å². The van der Waals surface area contributed by atoms with E-state index in [0.717, 1.165) is 4.57 Å². The SMILES string of the molecule is C=Cc1cn([C@@H]2O[C@H](C)C(O)C2O)c(=O)nc1NC(=O)OCCC(C)(C)OC. The fraction of sp³-hybridized carbons (Fsp3) is 0.611. The lowest BCUT2D eigenvalue weighted by Gasteiger charge is -2.22. The molecule has 0 aliphatic carbocycles. The summed E-state index contributed by atoms with van der Waals surface area (Å²) in [6.07, 6.45) is -1.74. The Hall–Kier alpha value is -2.27. The van der Waals surface area contributed by atoms with Gasteiger partial charge in [0.25, 0.3) is 0 Å². The number of carbonyl (C=O) groups excluding carboxylic acids is 1. The van der Waals surface area contributed by atoms with Gasteiger partial charge in [-0.15, -0.1) is 0 Å². The third kappa shape index (κ3) is 4.96. The second-order valence-electron chi connectivity index (χ2n) is 7.13. The number of amides is 1. The Balaban J connectivity index is 2.12. The largest absolute Gasteiger partial charge is 0.449 e. The summed E-state index contributed by atoms with van der Waals surface area (Å²) in [5.74, 6) is -0.0339. The Labute approximate surface area is 162 Å². The van der Waals surface area contributed by atoms with Gasteiger partial charge in [-0.3, -0.25) is 9.88 Å². The molecule has 0 saturated carbocycles. The van der Waals surface area contributed by atoms with E-state index in [-0.39, 0.29) is 12.4 Å². The van der Waals surface area contributed by atoms with Gasteiger partial charge in [0.15, 0.2) is 6.23 Å². The Morgan fingerprint density at radius 1 is 1.46 bits per heavy atom. The maximum atomic E-state index is 12.4. The van der Waals surface area contributed by atoms with Gasteiger partial charge in [0.05, 0.1) is 18.3 Å². The molecule has 2 heterocycles. The lowest BCUT2D eigenvalue weighted by Crippen LogP contribution is -2.36. The Kier molecular flexibility index (Phi) is 6.94. The van der Waals surface area contributed by atoms with E-state index in [2.05, 4.69) is 16.9 Å². The average molecular weight is 397 g/mol. The number of hydrogen-bond donors (Lipinski definition) is 3. The number of hydrogen-bond acceptors (Lipinski definition) is 8. The maximum absolute atomic E-state index is 12.4. The minimum Gasteiger partial charge on any atom is -0.449 e. The summed E-state index contributed by atoms with van der Waals surface area (Å²) in [4.78, 5) is 28.2. The number of carbonyl (C=O) groups is 1. The van der Waals surface area contributed by atoms with E-state index in [1.807, 2.05) is 13.8 Å². The molecule has 0 spiro atoms. The van der Waals surface area contributed by atoms with Crippen LogP contribution in [-0.2, 0) is 14.2 Å². The number of aliphatic hydroxyl groups excluding tert-OH is 2. The molecule has 0 aromatic carbocycles. The number of methoxy groups -OCH3 is 1. The topological polar surface area (TPSA) is 132 Å². The van der Waals surface area contributed by atoms with Gasteiger partial charge in [-0.1, -0.05) is 12.7 Å². The minimum atomic E-state index is -1.29. The molecule has 3 N–H and O–H groups in total. The van der Waals surface area contributed by atoms with Gasteiger partial charge >= 0.3 is 11.8 Å². The summed E-state index contributed by atoms with van der Waals surface area (Å²) in [6.45, 7) is 9.06. The van der Waals surface area contributed by atoms with Crippen LogP contribution >= 0.6 is 0 Å². The van der Waals surface area contributed by atoms with E-state index in [1.165, 1.54) is 12.3 Å². The molecule has 10 nitrogen and oxygen atoms in total. The van der Waals surface area contributed by atoms with Crippen molar-refractivity contribution < 1.29 is 29.2 Å². The van der Waals surface area contributed by atoms with Crippen LogP contribution in [0.3, 0.4) is 0 Å². The fourth-order valence-electron chi connectivity index (χ4n) is 2.60. The highest BCUT2D eigenvalue weighted by atomic mass is 16.6. The molecule has 1 aromatic heterocycles. The highest BCUT2D eigenvalue weighted by molar-refractivity contribution is 5.85. The summed E-state index contributed by atoms with van der Waals surface area (Å²) in [5, 5.41) is 22.3. The standard InChI is InChI=1S/C18H27N3O7/c1-6-11-9-21(15-13(23)12(22)10(2)28-15)16(24)19-14(11)20-17(25)27-8-7-18(3,4)26-5/h6,9-10,12-13,15,22-23H,1,7-8H2,2-5H3,(H,19,20,24,25)/t10-,12?,13?,15-/m1/s1. The lowest BCUT2D eigenvalue weighted by molar-refractivity contribution is -0.0350. The van der Waals surface area contributed by atoms with Gasteiger partial charge in [0, 0.05) is 25.3 Å². The molecular formula is C18H27N3O7. The van der Waals surface area contributed by atoms with E-state index < -0.39 is 41.9 Å². The first-order valence-electron chi connectivity index (χ1n) is 8.85. The highest BCUT2D eigenvalue weighted by Crippen LogP contribution is 2.28. The fourth-order valence-corrected chi connectivity index (χ4v) is 2.60. The van der Waals surface area contributed by atoms with Gasteiger partial charge in [-0.05, 0) is 20.8 Å². The van der Waals surface area contributed by atoms with Crippen molar-refractivity contribution in [3.05, 3.63) is 28.8 Å². The molecule has 1 saturated heterocycles. The second-order valence-corrected chi connectivity index (χ2v) is 7.13. The first kappa shape index (κ1) is 22.0. The molecule has 1 amide bonds. The maximum Gasteiger partial charge on any atom is 0.412 e. The smallest absolute Gasteiger partial charge is 0.412 e. The zero-order valence-electron chi connectivity index (χ0n) is 16.4. The third-order valence-electron chi connectivity index (χ3n) is 4.66. The first-order valence-corrected chi connectivity index (χ1v) is 8.85. The summed E-state index contributed by atoms with van der Waals surface area (Å²) in [6, 6.07) is 0. The molecule has 10 heteroatoms. The molecule has 28 heavy (non-hydrogen) atoms. The van der Waals surface area contributed by atoms with Crippen molar-refractivity contribution in [1.82, 2.24) is 9.55 Å². The van der Waals surface area contributed by atoms with Crippen LogP contribution in [0.15, 0.2) is 17.6 Å². The summed E-state index contributed by atoms with van der Waals surface area (Å²) >= 11 is 0. The molecule has 2 unspecified atom stereocenters. The zero-order valence-corrected chi connectivity index (χ0v) is 16.4. The van der Waals surface area contributed by atoms with E-state index in [0.29, 0.717) is 12.0 Å². The van der Waals surface area contributed by atoms with Crippen LogP contribution in [0.25, 0.3) is 6.08 Å². The predicted molar refractivity (Wildman–Crippen MR) is 101 cm³/mol. The van der Waals surface area contributed by atoms with Crippen LogP contribution in [-0.4, -0.2) is 63.5 Å². The molecule has 156 valence electrons. The van der Waals surface area contributed by atoms with Crippen LogP contribution in [0.2, 0.25) is 0 Å². The average Bonchev–Trinajstić information content (AvgIpc) is 2.89. The van der Waals surface area contributed by atoms with Crippen molar-refractivity contribution in [3.8, 4) is 0 Å². The number of nitrogens with one attached hydrogen (secondary N) is 1. The number of nitrogens with zero attached hydrogens (tertiary/aromatic N) is 2. The predicted octanol–water partition coefficient (Wildman–Crippen LogP) is 0.889. The van der Waals surface area contributed by atoms with Gasteiger partial charge in [0.2, 0.25) is 0 Å². The Morgan fingerprint density at radius 3 is 2.68 bits per heavy atom. The normalized spacial score (nSPS) is 24.8. The first-order chi connectivity index (χ1) is 13.1. The quantitative estimate of drug-likeness (QED) is 0.618. The van der Waals surface area contributed by atoms with Crippen LogP contribution in [0.5, 0.6) is 0 Å². The molecule has 0 bridgehead atoms. The summed E-state index contributed by atoms with van der Waals surface area (Å²) in [5.41, 5.74) is -0.889. The van der Waals surface area contributed by atoms with Crippen LogP contribution in [0, 0.1) is 0 Å². The van der Waals surface area contributed by atoms with E-state index in [1.54, 1.807) is 14.0 Å². The van der Waals surface area contributed by atoms with E-state index >= 15 is 0 Å². The van der Waals surface area contributed by atoms with Crippen LogP contribution in [0.1, 0.15) is 39.0 Å². The molecule has 2 rings (SSSR count). The van der Waals surface area contributed by atoms with Crippen LogP contribution < -0.4 is 11.0 Å². The molecular weight excluding hydrogens is 370 g/mol.